The van der Waals surface area contributed by atoms with Gasteiger partial charge in [0, 0.05) is 4.88 Å². The molecule has 2 aromatic rings. The summed E-state index contributed by atoms with van der Waals surface area (Å²) in [6, 6.07) is 0. The van der Waals surface area contributed by atoms with Crippen LogP contribution in [0, 0.1) is 20.8 Å². The molecular weight excluding hydrogens is 250 g/mol. The molecule has 5 nitrogen and oxygen atoms in total. The van der Waals surface area contributed by atoms with Crippen LogP contribution < -0.4 is 5.32 Å². The molecule has 0 radical (unpaired) electrons. The van der Waals surface area contributed by atoms with E-state index < -0.39 is 0 Å². The Balaban J connectivity index is 2.21. The first-order valence-electron chi connectivity index (χ1n) is 5.73. The second-order valence-corrected chi connectivity index (χ2v) is 5.23. The van der Waals surface area contributed by atoms with E-state index in [9.17, 15) is 4.79 Å². The molecule has 0 bridgehead atoms. The van der Waals surface area contributed by atoms with E-state index >= 15 is 0 Å². The Bertz CT molecular complexity index is 567. The van der Waals surface area contributed by atoms with Crippen LogP contribution in [0.1, 0.15) is 39.3 Å². The summed E-state index contributed by atoms with van der Waals surface area (Å²) >= 11 is 1.48. The average molecular weight is 265 g/mol. The first-order chi connectivity index (χ1) is 8.52. The van der Waals surface area contributed by atoms with Gasteiger partial charge in [-0.1, -0.05) is 12.1 Å². The fourth-order valence-corrected chi connectivity index (χ4v) is 2.67. The third-order valence-corrected chi connectivity index (χ3v) is 3.64. The predicted molar refractivity (Wildman–Crippen MR) is 70.2 cm³/mol. The zero-order valence-electron chi connectivity index (χ0n) is 10.8. The van der Waals surface area contributed by atoms with Crippen molar-refractivity contribution in [1.29, 1.82) is 0 Å². The summed E-state index contributed by atoms with van der Waals surface area (Å²) in [5.41, 5.74) is 2.10. The van der Waals surface area contributed by atoms with Crippen molar-refractivity contribution in [1.82, 2.24) is 10.1 Å². The molecule has 18 heavy (non-hydrogen) atoms. The van der Waals surface area contributed by atoms with Gasteiger partial charge in [-0.25, -0.2) is 4.98 Å². The van der Waals surface area contributed by atoms with Gasteiger partial charge in [0.2, 0.25) is 0 Å². The number of nitrogens with one attached hydrogen (secondary N) is 1. The molecule has 0 spiro atoms. The molecule has 0 aromatic carbocycles. The number of carbonyl (C=O) groups is 1. The van der Waals surface area contributed by atoms with Crippen LogP contribution in [0.25, 0.3) is 0 Å². The van der Waals surface area contributed by atoms with Crippen LogP contribution in [0.4, 0.5) is 5.13 Å². The van der Waals surface area contributed by atoms with Crippen molar-refractivity contribution in [3.63, 3.8) is 0 Å². The number of amides is 1. The summed E-state index contributed by atoms with van der Waals surface area (Å²) in [4.78, 5) is 17.6. The standard InChI is InChI=1S/C12H15N3O2S/c1-5-9-8(4)18-12(13-9)14-11(16)10-6(2)15-17-7(10)3/h5H2,1-4H3,(H,13,14,16). The Morgan fingerprint density at radius 2 is 2.11 bits per heavy atom. The van der Waals surface area contributed by atoms with Gasteiger partial charge >= 0.3 is 0 Å². The van der Waals surface area contributed by atoms with Crippen molar-refractivity contribution in [2.24, 2.45) is 0 Å². The second-order valence-electron chi connectivity index (χ2n) is 4.03. The molecule has 1 amide bonds. The molecule has 0 aliphatic rings. The van der Waals surface area contributed by atoms with E-state index in [4.69, 9.17) is 4.52 Å². The number of hydrogen-bond donors (Lipinski definition) is 1. The Hall–Kier alpha value is -1.69. The molecule has 0 fully saturated rings. The monoisotopic (exact) mass is 265 g/mol. The summed E-state index contributed by atoms with van der Waals surface area (Å²) < 4.78 is 4.98. The quantitative estimate of drug-likeness (QED) is 0.926. The van der Waals surface area contributed by atoms with Crippen LogP contribution in [0.5, 0.6) is 0 Å². The predicted octanol–water partition coefficient (Wildman–Crippen LogP) is 2.87. The van der Waals surface area contributed by atoms with Gasteiger partial charge in [0.15, 0.2) is 5.13 Å². The van der Waals surface area contributed by atoms with Crippen LogP contribution >= 0.6 is 11.3 Å². The minimum Gasteiger partial charge on any atom is -0.361 e. The molecule has 6 heteroatoms. The van der Waals surface area contributed by atoms with Gasteiger partial charge in [0.1, 0.15) is 11.3 Å². The van der Waals surface area contributed by atoms with Crippen molar-refractivity contribution in [3.8, 4) is 0 Å². The highest BCUT2D eigenvalue weighted by atomic mass is 32.1. The van der Waals surface area contributed by atoms with Gasteiger partial charge in [-0.3, -0.25) is 10.1 Å². The molecular formula is C12H15N3O2S. The molecule has 2 aromatic heterocycles. The van der Waals surface area contributed by atoms with E-state index in [-0.39, 0.29) is 5.91 Å². The molecule has 0 atom stereocenters. The van der Waals surface area contributed by atoms with Crippen molar-refractivity contribution in [2.45, 2.75) is 34.1 Å². The summed E-state index contributed by atoms with van der Waals surface area (Å²) in [5, 5.41) is 7.17. The molecule has 0 aliphatic carbocycles. The van der Waals surface area contributed by atoms with Crippen LogP contribution in [-0.2, 0) is 6.42 Å². The minimum absolute atomic E-state index is 0.220. The normalized spacial score (nSPS) is 10.7. The molecule has 0 aliphatic heterocycles. The fraction of sp³-hybridized carbons (Fsp3) is 0.417. The van der Waals surface area contributed by atoms with E-state index in [1.165, 1.54) is 11.3 Å². The summed E-state index contributed by atoms with van der Waals surface area (Å²) in [6.45, 7) is 7.51. The van der Waals surface area contributed by atoms with Crippen LogP contribution in [0.15, 0.2) is 4.52 Å². The van der Waals surface area contributed by atoms with E-state index in [2.05, 4.69) is 15.5 Å². The molecule has 2 heterocycles. The van der Waals surface area contributed by atoms with Gasteiger partial charge in [0.05, 0.1) is 11.4 Å². The first-order valence-corrected chi connectivity index (χ1v) is 6.55. The van der Waals surface area contributed by atoms with Crippen LogP contribution in [0.3, 0.4) is 0 Å². The number of thiazole rings is 1. The zero-order valence-corrected chi connectivity index (χ0v) is 11.6. The Morgan fingerprint density at radius 3 is 2.61 bits per heavy atom. The number of carbonyl (C=O) groups excluding carboxylic acids is 1. The first kappa shape index (κ1) is 12.8. The Kier molecular flexibility index (Phi) is 3.47. The number of anilines is 1. The second kappa shape index (κ2) is 4.89. The van der Waals surface area contributed by atoms with E-state index in [1.54, 1.807) is 13.8 Å². The van der Waals surface area contributed by atoms with Gasteiger partial charge in [-0.2, -0.15) is 0 Å². The summed E-state index contributed by atoms with van der Waals surface area (Å²) in [7, 11) is 0. The SMILES string of the molecule is CCc1nc(NC(=O)c2c(C)noc2C)sc1C. The summed E-state index contributed by atoms with van der Waals surface area (Å²) in [5.74, 6) is 0.302. The van der Waals surface area contributed by atoms with Crippen molar-refractivity contribution >= 4 is 22.4 Å². The molecule has 0 unspecified atom stereocenters. The molecule has 96 valence electrons. The van der Waals surface area contributed by atoms with Gasteiger partial charge in [-0.15, -0.1) is 11.3 Å². The number of rotatable bonds is 3. The zero-order chi connectivity index (χ0) is 13.3. The lowest BCUT2D eigenvalue weighted by atomic mass is 10.2. The Labute approximate surface area is 109 Å². The molecule has 1 N–H and O–H groups in total. The number of hydrogen-bond acceptors (Lipinski definition) is 5. The minimum atomic E-state index is -0.220. The Morgan fingerprint density at radius 1 is 1.39 bits per heavy atom. The van der Waals surface area contributed by atoms with Crippen molar-refractivity contribution in [2.75, 3.05) is 5.32 Å². The highest BCUT2D eigenvalue weighted by Crippen LogP contribution is 2.23. The van der Waals surface area contributed by atoms with Gasteiger partial charge < -0.3 is 4.52 Å². The maximum Gasteiger partial charge on any atom is 0.262 e. The van der Waals surface area contributed by atoms with Crippen molar-refractivity contribution in [3.05, 3.63) is 27.6 Å². The number of nitrogens with zero attached hydrogens (tertiary/aromatic N) is 2. The van der Waals surface area contributed by atoms with Crippen LogP contribution in [-0.4, -0.2) is 16.0 Å². The van der Waals surface area contributed by atoms with Gasteiger partial charge in [0.25, 0.3) is 5.91 Å². The maximum atomic E-state index is 12.1. The third kappa shape index (κ3) is 2.28. The smallest absolute Gasteiger partial charge is 0.262 e. The average Bonchev–Trinajstić information content (AvgIpc) is 2.82. The fourth-order valence-electron chi connectivity index (χ4n) is 1.78. The largest absolute Gasteiger partial charge is 0.361 e. The highest BCUT2D eigenvalue weighted by Gasteiger charge is 2.19. The lowest BCUT2D eigenvalue weighted by Gasteiger charge is -1.99. The molecule has 2 rings (SSSR count). The summed E-state index contributed by atoms with van der Waals surface area (Å²) in [6.07, 6.45) is 0.865. The van der Waals surface area contributed by atoms with E-state index in [1.807, 2.05) is 13.8 Å². The highest BCUT2D eigenvalue weighted by molar-refractivity contribution is 7.15. The lowest BCUT2D eigenvalue weighted by molar-refractivity contribution is 0.102. The maximum absolute atomic E-state index is 12.1. The number of aryl methyl sites for hydroxylation is 4. The van der Waals surface area contributed by atoms with E-state index in [0.717, 1.165) is 17.0 Å². The molecule has 0 saturated carbocycles. The lowest BCUT2D eigenvalue weighted by Crippen LogP contribution is -2.13. The van der Waals surface area contributed by atoms with Gasteiger partial charge in [-0.05, 0) is 27.2 Å². The van der Waals surface area contributed by atoms with E-state index in [0.29, 0.717) is 22.1 Å². The third-order valence-electron chi connectivity index (χ3n) is 2.71. The van der Waals surface area contributed by atoms with Crippen molar-refractivity contribution < 1.29 is 9.32 Å². The van der Waals surface area contributed by atoms with Crippen LogP contribution in [0.2, 0.25) is 0 Å². The molecule has 0 saturated heterocycles. The topological polar surface area (TPSA) is 68.0 Å². The number of aromatic nitrogens is 2.